The summed E-state index contributed by atoms with van der Waals surface area (Å²) in [5.41, 5.74) is 7.01. The predicted octanol–water partition coefficient (Wildman–Crippen LogP) is 2.07. The number of carbonyl (C=O) groups excluding carboxylic acids is 1. The summed E-state index contributed by atoms with van der Waals surface area (Å²) in [7, 11) is 0. The van der Waals surface area contributed by atoms with Crippen LogP contribution >= 0.6 is 11.6 Å². The monoisotopic (exact) mass is 264 g/mol. The van der Waals surface area contributed by atoms with E-state index in [1.54, 1.807) is 18.3 Å². The molecule has 1 aromatic carbocycles. The van der Waals surface area contributed by atoms with Gasteiger partial charge >= 0.3 is 0 Å². The summed E-state index contributed by atoms with van der Waals surface area (Å²) in [5, 5.41) is 7.22. The molecule has 0 saturated carbocycles. The lowest BCUT2D eigenvalue weighted by atomic mass is 10.2. The number of aromatic nitrogens is 2. The van der Waals surface area contributed by atoms with Crippen molar-refractivity contribution in [2.24, 2.45) is 0 Å². The van der Waals surface area contributed by atoms with Crippen molar-refractivity contribution in [3.05, 3.63) is 41.0 Å². The molecule has 6 heteroatoms. The largest absolute Gasteiger partial charge is 0.382 e. The molecule has 0 fully saturated rings. The molecule has 0 unspecified atom stereocenters. The van der Waals surface area contributed by atoms with Gasteiger partial charge in [0.05, 0.1) is 10.7 Å². The molecule has 2 aromatic rings. The summed E-state index contributed by atoms with van der Waals surface area (Å²) in [6, 6.07) is 7.08. The van der Waals surface area contributed by atoms with E-state index in [-0.39, 0.29) is 12.5 Å². The Bertz CT molecular complexity index is 559. The van der Waals surface area contributed by atoms with E-state index in [4.69, 9.17) is 17.3 Å². The molecule has 0 saturated heterocycles. The number of halogens is 1. The van der Waals surface area contributed by atoms with Crippen LogP contribution in [-0.4, -0.2) is 15.7 Å². The van der Waals surface area contributed by atoms with Gasteiger partial charge in [0.1, 0.15) is 12.4 Å². The number of carbonyl (C=O) groups is 1. The van der Waals surface area contributed by atoms with Crippen LogP contribution in [0.4, 0.5) is 11.5 Å². The van der Waals surface area contributed by atoms with E-state index in [1.807, 2.05) is 19.1 Å². The molecule has 94 valence electrons. The van der Waals surface area contributed by atoms with Crippen LogP contribution in [0.2, 0.25) is 5.02 Å². The van der Waals surface area contributed by atoms with E-state index in [0.29, 0.717) is 16.5 Å². The zero-order valence-electron chi connectivity index (χ0n) is 9.85. The minimum atomic E-state index is -0.200. The van der Waals surface area contributed by atoms with Gasteiger partial charge in [0.25, 0.3) is 0 Å². The Hall–Kier alpha value is -2.01. The third kappa shape index (κ3) is 2.81. The molecule has 0 atom stereocenters. The normalized spacial score (nSPS) is 10.3. The molecular weight excluding hydrogens is 252 g/mol. The Morgan fingerprint density at radius 2 is 2.28 bits per heavy atom. The van der Waals surface area contributed by atoms with Crippen LogP contribution < -0.4 is 11.1 Å². The average Bonchev–Trinajstić information content (AvgIpc) is 2.69. The maximum atomic E-state index is 11.8. The molecular formula is C12H13ClN4O. The molecule has 0 aliphatic carbocycles. The van der Waals surface area contributed by atoms with Gasteiger partial charge in [0, 0.05) is 6.20 Å². The number of hydrogen-bond acceptors (Lipinski definition) is 3. The van der Waals surface area contributed by atoms with Crippen molar-refractivity contribution in [2.75, 3.05) is 11.1 Å². The van der Waals surface area contributed by atoms with Crippen molar-refractivity contribution in [3.63, 3.8) is 0 Å². The van der Waals surface area contributed by atoms with Crippen molar-refractivity contribution >= 4 is 29.0 Å². The number of para-hydroxylation sites is 1. The predicted molar refractivity (Wildman–Crippen MR) is 71.5 cm³/mol. The van der Waals surface area contributed by atoms with E-state index in [1.165, 1.54) is 4.68 Å². The molecule has 1 amide bonds. The Morgan fingerprint density at radius 3 is 2.89 bits per heavy atom. The number of benzene rings is 1. The van der Waals surface area contributed by atoms with Gasteiger partial charge in [-0.3, -0.25) is 9.48 Å². The first-order chi connectivity index (χ1) is 8.56. The van der Waals surface area contributed by atoms with Gasteiger partial charge < -0.3 is 11.1 Å². The number of nitrogens with one attached hydrogen (secondary N) is 1. The zero-order valence-corrected chi connectivity index (χ0v) is 10.6. The number of aryl methyl sites for hydroxylation is 1. The molecule has 0 spiro atoms. The molecule has 0 radical (unpaired) electrons. The van der Waals surface area contributed by atoms with Gasteiger partial charge in [0.15, 0.2) is 0 Å². The number of rotatable bonds is 3. The van der Waals surface area contributed by atoms with Crippen molar-refractivity contribution < 1.29 is 4.79 Å². The van der Waals surface area contributed by atoms with Gasteiger partial charge in [-0.05, 0) is 24.6 Å². The van der Waals surface area contributed by atoms with Crippen LogP contribution in [0.1, 0.15) is 5.56 Å². The number of amides is 1. The number of anilines is 2. The van der Waals surface area contributed by atoms with Gasteiger partial charge in [-0.15, -0.1) is 0 Å². The Morgan fingerprint density at radius 1 is 1.50 bits per heavy atom. The maximum Gasteiger partial charge on any atom is 0.246 e. The van der Waals surface area contributed by atoms with Crippen LogP contribution in [0.25, 0.3) is 0 Å². The van der Waals surface area contributed by atoms with Crippen molar-refractivity contribution in [2.45, 2.75) is 13.5 Å². The molecule has 0 bridgehead atoms. The van der Waals surface area contributed by atoms with Gasteiger partial charge in [-0.25, -0.2) is 0 Å². The van der Waals surface area contributed by atoms with Crippen molar-refractivity contribution in [1.82, 2.24) is 9.78 Å². The molecule has 0 aliphatic rings. The highest BCUT2D eigenvalue weighted by Gasteiger charge is 2.09. The number of nitrogens with two attached hydrogens (primary N) is 1. The molecule has 2 rings (SSSR count). The molecule has 5 nitrogen and oxygen atoms in total. The Kier molecular flexibility index (Phi) is 3.53. The van der Waals surface area contributed by atoms with E-state index >= 15 is 0 Å². The highest BCUT2D eigenvalue weighted by molar-refractivity contribution is 6.33. The zero-order chi connectivity index (χ0) is 13.1. The Balaban J connectivity index is 2.08. The van der Waals surface area contributed by atoms with Crippen molar-refractivity contribution in [1.29, 1.82) is 0 Å². The van der Waals surface area contributed by atoms with Crippen molar-refractivity contribution in [3.8, 4) is 0 Å². The van der Waals surface area contributed by atoms with E-state index in [0.717, 1.165) is 5.56 Å². The average molecular weight is 265 g/mol. The summed E-state index contributed by atoms with van der Waals surface area (Å²) in [6.07, 6.45) is 1.65. The lowest BCUT2D eigenvalue weighted by Gasteiger charge is -2.10. The summed E-state index contributed by atoms with van der Waals surface area (Å²) in [5.74, 6) is 0.186. The molecule has 3 N–H and O–H groups in total. The minimum Gasteiger partial charge on any atom is -0.382 e. The summed E-state index contributed by atoms with van der Waals surface area (Å²) >= 11 is 6.02. The van der Waals surface area contributed by atoms with Crippen LogP contribution in [-0.2, 0) is 11.3 Å². The topological polar surface area (TPSA) is 72.9 Å². The van der Waals surface area contributed by atoms with Crippen LogP contribution in [0.3, 0.4) is 0 Å². The van der Waals surface area contributed by atoms with Crippen LogP contribution in [0.15, 0.2) is 30.5 Å². The number of nitrogens with zero attached hydrogens (tertiary/aromatic N) is 2. The molecule has 0 aliphatic heterocycles. The van der Waals surface area contributed by atoms with E-state index in [9.17, 15) is 4.79 Å². The lowest BCUT2D eigenvalue weighted by molar-refractivity contribution is -0.116. The van der Waals surface area contributed by atoms with E-state index < -0.39 is 0 Å². The first-order valence-electron chi connectivity index (χ1n) is 5.40. The quantitative estimate of drug-likeness (QED) is 0.891. The Labute approximate surface area is 110 Å². The highest BCUT2D eigenvalue weighted by Crippen LogP contribution is 2.25. The summed E-state index contributed by atoms with van der Waals surface area (Å²) < 4.78 is 1.47. The third-order valence-corrected chi connectivity index (χ3v) is 2.77. The standard InChI is InChI=1S/C12H13ClN4O/c1-8-3-2-4-9(13)12(8)15-11(18)7-17-6-5-10(14)16-17/h2-6H,7H2,1H3,(H2,14,16)(H,15,18). The third-order valence-electron chi connectivity index (χ3n) is 2.45. The van der Waals surface area contributed by atoms with Crippen LogP contribution in [0, 0.1) is 6.92 Å². The van der Waals surface area contributed by atoms with Gasteiger partial charge in [-0.2, -0.15) is 5.10 Å². The van der Waals surface area contributed by atoms with E-state index in [2.05, 4.69) is 10.4 Å². The van der Waals surface area contributed by atoms with Crippen LogP contribution in [0.5, 0.6) is 0 Å². The van der Waals surface area contributed by atoms with Gasteiger partial charge in [0.2, 0.25) is 5.91 Å². The summed E-state index contributed by atoms with van der Waals surface area (Å²) in [4.78, 5) is 11.8. The second kappa shape index (κ2) is 5.10. The number of nitrogen functional groups attached to an aromatic ring is 1. The minimum absolute atomic E-state index is 0.0991. The highest BCUT2D eigenvalue weighted by atomic mass is 35.5. The smallest absolute Gasteiger partial charge is 0.246 e. The SMILES string of the molecule is Cc1cccc(Cl)c1NC(=O)Cn1ccc(N)n1. The molecule has 18 heavy (non-hydrogen) atoms. The fraction of sp³-hybridized carbons (Fsp3) is 0.167. The number of hydrogen-bond donors (Lipinski definition) is 2. The molecule has 1 heterocycles. The first-order valence-corrected chi connectivity index (χ1v) is 5.78. The molecule has 1 aromatic heterocycles. The fourth-order valence-electron chi connectivity index (χ4n) is 1.58. The first kappa shape index (κ1) is 12.4. The second-order valence-corrected chi connectivity index (χ2v) is 4.33. The van der Waals surface area contributed by atoms with Gasteiger partial charge in [-0.1, -0.05) is 23.7 Å². The lowest BCUT2D eigenvalue weighted by Crippen LogP contribution is -2.19. The second-order valence-electron chi connectivity index (χ2n) is 3.92. The summed E-state index contributed by atoms with van der Waals surface area (Å²) in [6.45, 7) is 1.98. The fourth-order valence-corrected chi connectivity index (χ4v) is 1.85. The maximum absolute atomic E-state index is 11.8.